The van der Waals surface area contributed by atoms with Crippen molar-refractivity contribution in [2.75, 3.05) is 13.2 Å². The molecule has 0 aliphatic rings. The fourth-order valence-corrected chi connectivity index (χ4v) is 0.989. The van der Waals surface area contributed by atoms with Gasteiger partial charge in [0, 0.05) is 11.4 Å². The molecule has 1 rings (SSSR count). The van der Waals surface area contributed by atoms with Gasteiger partial charge in [-0.25, -0.2) is 5.90 Å². The lowest BCUT2D eigenvalue weighted by molar-refractivity contribution is 0.122. The Morgan fingerprint density at radius 2 is 1.79 bits per heavy atom. The summed E-state index contributed by atoms with van der Waals surface area (Å²) in [5.41, 5.74) is 0. The minimum Gasteiger partial charge on any atom is -0.494 e. The highest BCUT2D eigenvalue weighted by molar-refractivity contribution is 6.30. The third kappa shape index (κ3) is 5.29. The van der Waals surface area contributed by atoms with Crippen LogP contribution in [0.2, 0.25) is 5.02 Å². The molecule has 0 aliphatic carbocycles. The molecule has 3 nitrogen and oxygen atoms in total. The first-order chi connectivity index (χ1) is 6.33. The Morgan fingerprint density at radius 1 is 1.14 bits per heavy atom. The molecule has 1 aromatic rings. The average molecular weight is 238 g/mol. The molecule has 0 amide bonds. The molecule has 0 atom stereocenters. The highest BCUT2D eigenvalue weighted by atomic mass is 35.5. The van der Waals surface area contributed by atoms with Crippen molar-refractivity contribution in [3.05, 3.63) is 29.3 Å². The number of rotatable bonds is 5. The average Bonchev–Trinajstić information content (AvgIpc) is 2.15. The van der Waals surface area contributed by atoms with Crippen LogP contribution in [-0.4, -0.2) is 13.2 Å². The molecule has 0 saturated carbocycles. The van der Waals surface area contributed by atoms with Gasteiger partial charge in [-0.3, -0.25) is 0 Å². The van der Waals surface area contributed by atoms with E-state index < -0.39 is 0 Å². The number of hydrogen-bond acceptors (Lipinski definition) is 3. The van der Waals surface area contributed by atoms with Crippen LogP contribution in [0.5, 0.6) is 5.75 Å². The Labute approximate surface area is 94.5 Å². The molecule has 5 heteroatoms. The van der Waals surface area contributed by atoms with Crippen LogP contribution >= 0.6 is 24.0 Å². The zero-order valence-electron chi connectivity index (χ0n) is 7.61. The van der Waals surface area contributed by atoms with Crippen LogP contribution in [0.1, 0.15) is 6.42 Å². The van der Waals surface area contributed by atoms with Crippen LogP contribution in [0.25, 0.3) is 0 Å². The van der Waals surface area contributed by atoms with Gasteiger partial charge in [-0.15, -0.1) is 12.4 Å². The molecule has 14 heavy (non-hydrogen) atoms. The Hall–Kier alpha value is -0.480. The van der Waals surface area contributed by atoms with Crippen molar-refractivity contribution in [3.8, 4) is 5.75 Å². The molecular weight excluding hydrogens is 225 g/mol. The lowest BCUT2D eigenvalue weighted by Crippen LogP contribution is -2.06. The third-order valence-electron chi connectivity index (χ3n) is 1.49. The first-order valence-corrected chi connectivity index (χ1v) is 4.41. The Balaban J connectivity index is 0.00000169. The molecule has 0 bridgehead atoms. The van der Waals surface area contributed by atoms with Crippen molar-refractivity contribution in [2.45, 2.75) is 6.42 Å². The van der Waals surface area contributed by atoms with Gasteiger partial charge < -0.3 is 9.57 Å². The van der Waals surface area contributed by atoms with Gasteiger partial charge in [-0.1, -0.05) is 11.6 Å². The summed E-state index contributed by atoms with van der Waals surface area (Å²) in [5.74, 6) is 5.66. The smallest absolute Gasteiger partial charge is 0.119 e. The lowest BCUT2D eigenvalue weighted by Gasteiger charge is -2.04. The summed E-state index contributed by atoms with van der Waals surface area (Å²) in [6.45, 7) is 1.10. The van der Waals surface area contributed by atoms with Gasteiger partial charge in [0.25, 0.3) is 0 Å². The maximum Gasteiger partial charge on any atom is 0.119 e. The van der Waals surface area contributed by atoms with E-state index in [2.05, 4.69) is 4.84 Å². The number of nitrogens with two attached hydrogens (primary N) is 1. The van der Waals surface area contributed by atoms with E-state index in [0.29, 0.717) is 18.2 Å². The second kappa shape index (κ2) is 7.88. The molecule has 0 spiro atoms. The highest BCUT2D eigenvalue weighted by Gasteiger charge is 1.93. The van der Waals surface area contributed by atoms with Gasteiger partial charge in [0.05, 0.1) is 13.2 Å². The van der Waals surface area contributed by atoms with Crippen LogP contribution in [-0.2, 0) is 4.84 Å². The van der Waals surface area contributed by atoms with E-state index in [1.807, 2.05) is 12.1 Å². The summed E-state index contributed by atoms with van der Waals surface area (Å²) < 4.78 is 5.37. The largest absolute Gasteiger partial charge is 0.494 e. The van der Waals surface area contributed by atoms with E-state index >= 15 is 0 Å². The first-order valence-electron chi connectivity index (χ1n) is 4.03. The van der Waals surface area contributed by atoms with E-state index in [-0.39, 0.29) is 12.4 Å². The molecule has 80 valence electrons. The quantitative estimate of drug-likeness (QED) is 0.632. The van der Waals surface area contributed by atoms with Gasteiger partial charge in [-0.2, -0.15) is 0 Å². The molecule has 0 heterocycles. The first kappa shape index (κ1) is 13.5. The topological polar surface area (TPSA) is 44.5 Å². The molecule has 0 fully saturated rings. The van der Waals surface area contributed by atoms with Crippen LogP contribution in [0.4, 0.5) is 0 Å². The van der Waals surface area contributed by atoms with Crippen LogP contribution in [0.15, 0.2) is 24.3 Å². The number of halogens is 2. The van der Waals surface area contributed by atoms with Gasteiger partial charge in [-0.05, 0) is 24.3 Å². The third-order valence-corrected chi connectivity index (χ3v) is 1.74. The van der Waals surface area contributed by atoms with Gasteiger partial charge in [0.2, 0.25) is 0 Å². The number of hydrogen-bond donors (Lipinski definition) is 1. The number of ether oxygens (including phenoxy) is 1. The zero-order valence-corrected chi connectivity index (χ0v) is 9.18. The summed E-state index contributed by atoms with van der Waals surface area (Å²) in [4.78, 5) is 4.40. The van der Waals surface area contributed by atoms with Gasteiger partial charge in [0.15, 0.2) is 0 Å². The summed E-state index contributed by atoms with van der Waals surface area (Å²) in [7, 11) is 0. The van der Waals surface area contributed by atoms with E-state index in [1.54, 1.807) is 12.1 Å². The van der Waals surface area contributed by atoms with Crippen LogP contribution in [0, 0.1) is 0 Å². The summed E-state index contributed by atoms with van der Waals surface area (Å²) >= 11 is 5.70. The second-order valence-electron chi connectivity index (χ2n) is 2.53. The van der Waals surface area contributed by atoms with Crippen molar-refractivity contribution < 1.29 is 9.57 Å². The van der Waals surface area contributed by atoms with Crippen molar-refractivity contribution in [2.24, 2.45) is 5.90 Å². The maximum absolute atomic E-state index is 5.70. The number of benzene rings is 1. The minimum absolute atomic E-state index is 0. The molecule has 2 N–H and O–H groups in total. The molecule has 0 aromatic heterocycles. The Morgan fingerprint density at radius 3 is 2.36 bits per heavy atom. The molecule has 0 aliphatic heterocycles. The van der Waals surface area contributed by atoms with Crippen molar-refractivity contribution >= 4 is 24.0 Å². The monoisotopic (exact) mass is 237 g/mol. The predicted octanol–water partition coefficient (Wildman–Crippen LogP) is 2.42. The van der Waals surface area contributed by atoms with Crippen molar-refractivity contribution in [1.82, 2.24) is 0 Å². The molecule has 0 unspecified atom stereocenters. The van der Waals surface area contributed by atoms with Crippen molar-refractivity contribution in [1.29, 1.82) is 0 Å². The Bertz CT molecular complexity index is 241. The minimum atomic E-state index is 0. The lowest BCUT2D eigenvalue weighted by atomic mass is 10.3. The van der Waals surface area contributed by atoms with E-state index in [0.717, 1.165) is 12.2 Å². The van der Waals surface area contributed by atoms with E-state index in [4.69, 9.17) is 22.2 Å². The van der Waals surface area contributed by atoms with Gasteiger partial charge >= 0.3 is 0 Å². The van der Waals surface area contributed by atoms with E-state index in [1.165, 1.54) is 0 Å². The zero-order chi connectivity index (χ0) is 9.52. The molecular formula is C9H13Cl2NO2. The van der Waals surface area contributed by atoms with Gasteiger partial charge in [0.1, 0.15) is 5.75 Å². The molecule has 1 aromatic carbocycles. The SMILES string of the molecule is Cl.NOCCCOc1ccc(Cl)cc1. The molecule has 0 radical (unpaired) electrons. The summed E-state index contributed by atoms with van der Waals surface area (Å²) in [6, 6.07) is 7.23. The maximum atomic E-state index is 5.70. The summed E-state index contributed by atoms with van der Waals surface area (Å²) in [5, 5.41) is 0.706. The Kier molecular flexibility index (Phi) is 7.61. The predicted molar refractivity (Wildman–Crippen MR) is 59.0 cm³/mol. The summed E-state index contributed by atoms with van der Waals surface area (Å²) in [6.07, 6.45) is 0.777. The second-order valence-corrected chi connectivity index (χ2v) is 2.96. The fraction of sp³-hybridized carbons (Fsp3) is 0.333. The van der Waals surface area contributed by atoms with Crippen LogP contribution < -0.4 is 10.6 Å². The van der Waals surface area contributed by atoms with E-state index in [9.17, 15) is 0 Å². The standard InChI is InChI=1S/C9H12ClNO2.ClH/c10-8-2-4-9(5-3-8)12-6-1-7-13-11;/h2-5H,1,6-7,11H2;1H. The highest BCUT2D eigenvalue weighted by Crippen LogP contribution is 2.15. The fourth-order valence-electron chi connectivity index (χ4n) is 0.863. The normalized spacial score (nSPS) is 9.29. The molecule has 0 saturated heterocycles. The van der Waals surface area contributed by atoms with Crippen molar-refractivity contribution in [3.63, 3.8) is 0 Å². The van der Waals surface area contributed by atoms with Crippen LogP contribution in [0.3, 0.4) is 0 Å².